The van der Waals surface area contributed by atoms with Crippen molar-refractivity contribution >= 4 is 29.0 Å². The number of aromatic nitrogens is 2. The lowest BCUT2D eigenvalue weighted by Gasteiger charge is -2.33. The number of nitrogens with zero attached hydrogens (tertiary/aromatic N) is 4. The van der Waals surface area contributed by atoms with Crippen molar-refractivity contribution in [1.82, 2.24) is 14.9 Å². The molecule has 1 saturated heterocycles. The molecular formula is C27H35F2N5. The van der Waals surface area contributed by atoms with E-state index >= 15 is 0 Å². The topological polar surface area (TPSA) is 44.3 Å². The van der Waals surface area contributed by atoms with Gasteiger partial charge < -0.3 is 15.1 Å². The van der Waals surface area contributed by atoms with Gasteiger partial charge in [0.25, 0.3) is 5.92 Å². The highest BCUT2D eigenvalue weighted by molar-refractivity contribution is 5.80. The maximum atomic E-state index is 13.6. The third-order valence-corrected chi connectivity index (χ3v) is 7.16. The van der Waals surface area contributed by atoms with Crippen molar-refractivity contribution in [2.75, 3.05) is 36.9 Å². The molecule has 0 radical (unpaired) electrons. The molecule has 2 aromatic rings. The molecule has 182 valence electrons. The third kappa shape index (κ3) is 5.57. The number of piperidine rings is 1. The molecule has 1 saturated carbocycles. The van der Waals surface area contributed by atoms with Crippen molar-refractivity contribution in [2.24, 2.45) is 5.41 Å². The predicted octanol–water partition coefficient (Wildman–Crippen LogP) is 6.50. The summed E-state index contributed by atoms with van der Waals surface area (Å²) in [7, 11) is 2.05. The molecular weight excluding hydrogens is 432 g/mol. The van der Waals surface area contributed by atoms with Crippen molar-refractivity contribution < 1.29 is 8.78 Å². The minimum Gasteiger partial charge on any atom is -0.374 e. The molecule has 0 bridgehead atoms. The molecule has 1 N–H and O–H groups in total. The standard InChI is InChI=1S/C27H35F2N5/c1-6-23-24(20(3)33(5)12-9-26(4)7-8-26)25(31-18-30-23)32-21-15-19(2)16-22(17-21)34-13-10-27(28,29)11-14-34/h6,15-18H,1,3,7-14H2,2,4-5H3,(H,30,31,32). The van der Waals surface area contributed by atoms with Crippen LogP contribution in [-0.2, 0) is 0 Å². The first kappa shape index (κ1) is 24.2. The Morgan fingerprint density at radius 2 is 1.88 bits per heavy atom. The Morgan fingerprint density at radius 3 is 2.53 bits per heavy atom. The van der Waals surface area contributed by atoms with Crippen LogP contribution in [0.3, 0.4) is 0 Å². The molecule has 7 heteroatoms. The molecule has 2 aliphatic rings. The lowest BCUT2D eigenvalue weighted by Crippen LogP contribution is -2.39. The average Bonchev–Trinajstić information content (AvgIpc) is 3.53. The molecule has 0 amide bonds. The van der Waals surface area contributed by atoms with Crippen molar-refractivity contribution in [3.05, 3.63) is 54.5 Å². The first-order valence-electron chi connectivity index (χ1n) is 12.0. The number of aryl methyl sites for hydroxylation is 1. The van der Waals surface area contributed by atoms with Crippen LogP contribution < -0.4 is 10.2 Å². The summed E-state index contributed by atoms with van der Waals surface area (Å²) in [5.74, 6) is -1.91. The summed E-state index contributed by atoms with van der Waals surface area (Å²) in [6.07, 6.45) is 6.71. The third-order valence-electron chi connectivity index (χ3n) is 7.16. The van der Waals surface area contributed by atoms with Gasteiger partial charge >= 0.3 is 0 Å². The van der Waals surface area contributed by atoms with Crippen LogP contribution in [0.4, 0.5) is 26.0 Å². The Hall–Kier alpha value is -2.96. The van der Waals surface area contributed by atoms with Gasteiger partial charge in [-0.15, -0.1) is 0 Å². The second kappa shape index (κ2) is 9.35. The molecule has 0 spiro atoms. The van der Waals surface area contributed by atoms with Crippen LogP contribution in [0.1, 0.15) is 55.8 Å². The van der Waals surface area contributed by atoms with Crippen LogP contribution in [0.25, 0.3) is 11.8 Å². The second-order valence-electron chi connectivity index (χ2n) is 10.1. The highest BCUT2D eigenvalue weighted by atomic mass is 19.3. The molecule has 2 heterocycles. The molecule has 1 aliphatic heterocycles. The van der Waals surface area contributed by atoms with Crippen molar-refractivity contribution in [1.29, 1.82) is 0 Å². The van der Waals surface area contributed by atoms with Gasteiger partial charge in [0.2, 0.25) is 0 Å². The van der Waals surface area contributed by atoms with Crippen LogP contribution in [-0.4, -0.2) is 47.5 Å². The molecule has 2 fully saturated rings. The Morgan fingerprint density at radius 1 is 1.18 bits per heavy atom. The average molecular weight is 468 g/mol. The summed E-state index contributed by atoms with van der Waals surface area (Å²) in [5.41, 5.74) is 5.67. The van der Waals surface area contributed by atoms with Gasteiger partial charge in [0.1, 0.15) is 12.1 Å². The summed E-state index contributed by atoms with van der Waals surface area (Å²) >= 11 is 0. The molecule has 34 heavy (non-hydrogen) atoms. The van der Waals surface area contributed by atoms with Gasteiger partial charge in [-0.25, -0.2) is 18.7 Å². The summed E-state index contributed by atoms with van der Waals surface area (Å²) in [6.45, 7) is 14.2. The number of anilines is 3. The van der Waals surface area contributed by atoms with Gasteiger partial charge in [0.15, 0.2) is 0 Å². The van der Waals surface area contributed by atoms with Crippen LogP contribution in [0.2, 0.25) is 0 Å². The highest BCUT2D eigenvalue weighted by Crippen LogP contribution is 2.48. The van der Waals surface area contributed by atoms with Crippen molar-refractivity contribution in [3.63, 3.8) is 0 Å². The maximum absolute atomic E-state index is 13.6. The minimum atomic E-state index is -2.57. The molecule has 1 aromatic heterocycles. The van der Waals surface area contributed by atoms with Crippen molar-refractivity contribution in [2.45, 2.75) is 51.9 Å². The molecule has 1 aromatic carbocycles. The molecule has 1 aliphatic carbocycles. The number of nitrogens with one attached hydrogen (secondary N) is 1. The zero-order valence-corrected chi connectivity index (χ0v) is 20.5. The monoisotopic (exact) mass is 467 g/mol. The number of alkyl halides is 2. The lowest BCUT2D eigenvalue weighted by molar-refractivity contribution is -0.0220. The Balaban J connectivity index is 1.57. The molecule has 4 rings (SSSR count). The Bertz CT molecular complexity index is 1070. The van der Waals surface area contributed by atoms with Crippen LogP contribution in [0.5, 0.6) is 0 Å². The van der Waals surface area contributed by atoms with Crippen LogP contribution >= 0.6 is 0 Å². The lowest BCUT2D eigenvalue weighted by atomic mass is 10.0. The summed E-state index contributed by atoms with van der Waals surface area (Å²) in [6, 6.07) is 6.06. The van der Waals surface area contributed by atoms with Gasteiger partial charge in [0.05, 0.1) is 11.3 Å². The van der Waals surface area contributed by atoms with Gasteiger partial charge in [-0.2, -0.15) is 0 Å². The quantitative estimate of drug-likeness (QED) is 0.456. The maximum Gasteiger partial charge on any atom is 0.251 e. The van der Waals surface area contributed by atoms with E-state index in [-0.39, 0.29) is 12.8 Å². The summed E-state index contributed by atoms with van der Waals surface area (Å²) in [5, 5.41) is 3.44. The van der Waals surface area contributed by atoms with Crippen molar-refractivity contribution in [3.8, 4) is 0 Å². The van der Waals surface area contributed by atoms with E-state index in [1.807, 2.05) is 30.0 Å². The second-order valence-corrected chi connectivity index (χ2v) is 10.1. The summed E-state index contributed by atoms with van der Waals surface area (Å²) < 4.78 is 27.3. The Labute approximate surface area is 201 Å². The van der Waals surface area contributed by atoms with E-state index in [1.165, 1.54) is 19.2 Å². The molecule has 5 nitrogen and oxygen atoms in total. The van der Waals surface area contributed by atoms with Gasteiger partial charge in [-0.3, -0.25) is 0 Å². The van der Waals surface area contributed by atoms with Crippen LogP contribution in [0, 0.1) is 12.3 Å². The first-order valence-corrected chi connectivity index (χ1v) is 12.0. The number of halogens is 2. The predicted molar refractivity (Wildman–Crippen MR) is 137 cm³/mol. The van der Waals surface area contributed by atoms with Gasteiger partial charge in [-0.1, -0.05) is 20.1 Å². The minimum absolute atomic E-state index is 0.117. The molecule has 0 atom stereocenters. The van der Waals surface area contributed by atoms with Gasteiger partial charge in [0, 0.05) is 56.6 Å². The van der Waals surface area contributed by atoms with E-state index in [1.54, 1.807) is 6.08 Å². The zero-order chi connectivity index (χ0) is 24.5. The Kier molecular flexibility index (Phi) is 6.65. The number of hydrogen-bond donors (Lipinski definition) is 1. The highest BCUT2D eigenvalue weighted by Gasteiger charge is 2.37. The van der Waals surface area contributed by atoms with E-state index in [4.69, 9.17) is 0 Å². The fraction of sp³-hybridized carbons (Fsp3) is 0.481. The van der Waals surface area contributed by atoms with Gasteiger partial charge in [-0.05, 0) is 61.4 Å². The van der Waals surface area contributed by atoms with E-state index in [0.717, 1.165) is 46.9 Å². The summed E-state index contributed by atoms with van der Waals surface area (Å²) in [4.78, 5) is 13.1. The zero-order valence-electron chi connectivity index (χ0n) is 20.5. The SMILES string of the molecule is C=Cc1ncnc(Nc2cc(C)cc(N3CCC(F)(F)CC3)c2)c1C(=C)N(C)CCC1(C)CC1. The number of hydrogen-bond acceptors (Lipinski definition) is 5. The molecule has 0 unspecified atom stereocenters. The normalized spacial score (nSPS) is 18.3. The van der Waals surface area contributed by atoms with E-state index in [2.05, 4.69) is 47.3 Å². The smallest absolute Gasteiger partial charge is 0.251 e. The largest absolute Gasteiger partial charge is 0.374 e. The number of rotatable bonds is 9. The van der Waals surface area contributed by atoms with E-state index in [0.29, 0.717) is 24.3 Å². The van der Waals surface area contributed by atoms with E-state index in [9.17, 15) is 8.78 Å². The fourth-order valence-corrected chi connectivity index (χ4v) is 4.41. The fourth-order valence-electron chi connectivity index (χ4n) is 4.41. The first-order chi connectivity index (χ1) is 16.1. The van der Waals surface area contributed by atoms with Crippen LogP contribution in [0.15, 0.2) is 37.7 Å². The number of benzene rings is 1. The van der Waals surface area contributed by atoms with E-state index < -0.39 is 5.92 Å².